The van der Waals surface area contributed by atoms with E-state index in [0.29, 0.717) is 5.56 Å². The molecule has 1 aromatic heterocycles. The normalized spacial score (nSPS) is 36.5. The molecule has 0 spiro atoms. The molecule has 31 heavy (non-hydrogen) atoms. The van der Waals surface area contributed by atoms with Gasteiger partial charge < -0.3 is 15.3 Å². The van der Waals surface area contributed by atoms with Crippen molar-refractivity contribution in [3.8, 4) is 0 Å². The third-order valence-electron chi connectivity index (χ3n) is 8.48. The minimum Gasteiger partial charge on any atom is -0.392 e. The third-order valence-corrected chi connectivity index (χ3v) is 8.48. The van der Waals surface area contributed by atoms with Crippen molar-refractivity contribution in [3.05, 3.63) is 24.3 Å². The van der Waals surface area contributed by atoms with E-state index in [1.807, 2.05) is 11.8 Å². The van der Waals surface area contributed by atoms with Gasteiger partial charge in [0.15, 0.2) is 0 Å². The Morgan fingerprint density at radius 2 is 1.84 bits per heavy atom. The summed E-state index contributed by atoms with van der Waals surface area (Å²) in [5.41, 5.74) is 0.498. The van der Waals surface area contributed by atoms with Crippen LogP contribution in [0.5, 0.6) is 0 Å². The van der Waals surface area contributed by atoms with E-state index in [2.05, 4.69) is 29.1 Å². The van der Waals surface area contributed by atoms with Gasteiger partial charge in [-0.1, -0.05) is 20.8 Å². The van der Waals surface area contributed by atoms with E-state index in [9.17, 15) is 14.7 Å². The molecule has 0 bridgehead atoms. The van der Waals surface area contributed by atoms with E-state index >= 15 is 0 Å². The molecule has 7 atom stereocenters. The van der Waals surface area contributed by atoms with E-state index in [1.54, 1.807) is 0 Å². The molecule has 7 unspecified atom stereocenters. The number of amides is 2. The standard InChI is InChI=1S/C24H36N4O3/c1-15(23(31)28-10-4-5-11-28)18-6-8-24(3)9-7-19(16(2)20(24)21(18)29)27-22(30)17-12-25-14-26-13-17/h12-16,18-21,29H,4-11H2,1-3H3,(H,27,30). The molecule has 1 aliphatic heterocycles. The summed E-state index contributed by atoms with van der Waals surface area (Å²) in [6.07, 6.45) is 9.87. The highest BCUT2D eigenvalue weighted by molar-refractivity contribution is 5.93. The average molecular weight is 429 g/mol. The second-order valence-corrected chi connectivity index (χ2v) is 10.3. The number of hydrogen-bond acceptors (Lipinski definition) is 5. The van der Waals surface area contributed by atoms with Gasteiger partial charge in [-0.15, -0.1) is 0 Å². The second-order valence-electron chi connectivity index (χ2n) is 10.3. The van der Waals surface area contributed by atoms with Gasteiger partial charge in [-0.2, -0.15) is 0 Å². The zero-order valence-electron chi connectivity index (χ0n) is 19.0. The van der Waals surface area contributed by atoms with Crippen LogP contribution in [0.3, 0.4) is 0 Å². The van der Waals surface area contributed by atoms with Crippen LogP contribution in [0.15, 0.2) is 18.7 Å². The lowest BCUT2D eigenvalue weighted by molar-refractivity contribution is -0.149. The lowest BCUT2D eigenvalue weighted by Gasteiger charge is -2.56. The molecule has 7 nitrogen and oxygen atoms in total. The molecule has 2 aliphatic carbocycles. The molecule has 2 saturated carbocycles. The minimum atomic E-state index is -0.532. The van der Waals surface area contributed by atoms with Gasteiger partial charge in [0.25, 0.3) is 5.91 Å². The fourth-order valence-corrected chi connectivity index (χ4v) is 6.57. The van der Waals surface area contributed by atoms with Crippen LogP contribution in [-0.2, 0) is 4.79 Å². The molecule has 7 heteroatoms. The van der Waals surface area contributed by atoms with Gasteiger partial charge in [0.05, 0.1) is 11.7 Å². The van der Waals surface area contributed by atoms with Crippen molar-refractivity contribution < 1.29 is 14.7 Å². The summed E-state index contributed by atoms with van der Waals surface area (Å²) >= 11 is 0. The molecule has 2 heterocycles. The van der Waals surface area contributed by atoms with Crippen LogP contribution in [0.1, 0.15) is 69.7 Å². The van der Waals surface area contributed by atoms with Gasteiger partial charge in [-0.3, -0.25) is 9.59 Å². The summed E-state index contributed by atoms with van der Waals surface area (Å²) in [6.45, 7) is 8.12. The maximum atomic E-state index is 13.0. The summed E-state index contributed by atoms with van der Waals surface area (Å²) in [4.78, 5) is 35.6. The van der Waals surface area contributed by atoms with Gasteiger partial charge in [0.1, 0.15) is 6.33 Å². The van der Waals surface area contributed by atoms with Crippen LogP contribution >= 0.6 is 0 Å². The molecule has 4 rings (SSSR count). The Balaban J connectivity index is 1.48. The number of aromatic nitrogens is 2. The number of carbonyl (C=O) groups excluding carboxylic acids is 2. The monoisotopic (exact) mass is 428 g/mol. The van der Waals surface area contributed by atoms with Gasteiger partial charge >= 0.3 is 0 Å². The Hall–Kier alpha value is -2.02. The van der Waals surface area contributed by atoms with Crippen molar-refractivity contribution in [1.82, 2.24) is 20.2 Å². The topological polar surface area (TPSA) is 95.4 Å². The molecule has 0 aromatic carbocycles. The number of likely N-dealkylation sites (tertiary alicyclic amines) is 1. The van der Waals surface area contributed by atoms with Gasteiger partial charge in [-0.05, 0) is 61.7 Å². The van der Waals surface area contributed by atoms with E-state index < -0.39 is 6.10 Å². The van der Waals surface area contributed by atoms with E-state index in [4.69, 9.17) is 0 Å². The number of hydrogen-bond donors (Lipinski definition) is 2. The van der Waals surface area contributed by atoms with Crippen molar-refractivity contribution >= 4 is 11.8 Å². The first-order chi connectivity index (χ1) is 14.8. The Morgan fingerprint density at radius 3 is 2.52 bits per heavy atom. The van der Waals surface area contributed by atoms with E-state index in [1.165, 1.54) is 18.7 Å². The molecule has 3 aliphatic rings. The minimum absolute atomic E-state index is 0.0104. The lowest BCUT2D eigenvalue weighted by atomic mass is 9.51. The number of nitrogens with one attached hydrogen (secondary N) is 1. The van der Waals surface area contributed by atoms with Crippen LogP contribution in [-0.4, -0.2) is 57.0 Å². The van der Waals surface area contributed by atoms with Crippen molar-refractivity contribution in [1.29, 1.82) is 0 Å². The van der Waals surface area contributed by atoms with Gasteiger partial charge in [0.2, 0.25) is 5.91 Å². The third kappa shape index (κ3) is 4.21. The van der Waals surface area contributed by atoms with Crippen molar-refractivity contribution in [2.24, 2.45) is 29.1 Å². The smallest absolute Gasteiger partial charge is 0.254 e. The Bertz CT molecular complexity index is 797. The number of fused-ring (bicyclic) bond motifs is 1. The molecule has 170 valence electrons. The van der Waals surface area contributed by atoms with Crippen molar-refractivity contribution in [2.45, 2.75) is 71.4 Å². The predicted molar refractivity (Wildman–Crippen MR) is 117 cm³/mol. The van der Waals surface area contributed by atoms with Crippen LogP contribution in [0.4, 0.5) is 0 Å². The molecular formula is C24H36N4O3. The summed E-state index contributed by atoms with van der Waals surface area (Å²) in [5.74, 6) is 0.0280. The zero-order valence-corrected chi connectivity index (χ0v) is 19.0. The number of carbonyl (C=O) groups is 2. The Morgan fingerprint density at radius 1 is 1.19 bits per heavy atom. The first kappa shape index (κ1) is 22.2. The fraction of sp³-hybridized carbons (Fsp3) is 0.750. The average Bonchev–Trinajstić information content (AvgIpc) is 3.30. The maximum absolute atomic E-state index is 13.0. The quantitative estimate of drug-likeness (QED) is 0.769. The summed E-state index contributed by atoms with van der Waals surface area (Å²) < 4.78 is 0. The summed E-state index contributed by atoms with van der Waals surface area (Å²) in [5, 5.41) is 14.7. The summed E-state index contributed by atoms with van der Waals surface area (Å²) in [7, 11) is 0. The Labute approximate surface area is 185 Å². The van der Waals surface area contributed by atoms with Gasteiger partial charge in [0, 0.05) is 37.4 Å². The lowest BCUT2D eigenvalue weighted by Crippen LogP contribution is -2.58. The highest BCUT2D eigenvalue weighted by Crippen LogP contribution is 2.55. The maximum Gasteiger partial charge on any atom is 0.254 e. The second kappa shape index (κ2) is 8.85. The SMILES string of the molecule is CC(C(=O)N1CCCC1)C1CCC2(C)CCC(NC(=O)c3cncnc3)C(C)C2C1O. The fourth-order valence-electron chi connectivity index (χ4n) is 6.57. The predicted octanol–water partition coefficient (Wildman–Crippen LogP) is 2.66. The zero-order chi connectivity index (χ0) is 22.2. The molecule has 2 amide bonds. The van der Waals surface area contributed by atoms with Crippen molar-refractivity contribution in [2.75, 3.05) is 13.1 Å². The van der Waals surface area contributed by atoms with Gasteiger partial charge in [-0.25, -0.2) is 9.97 Å². The first-order valence-electron chi connectivity index (χ1n) is 11.8. The molecule has 0 radical (unpaired) electrons. The molecule has 3 fully saturated rings. The van der Waals surface area contributed by atoms with E-state index in [0.717, 1.165) is 51.6 Å². The highest BCUT2D eigenvalue weighted by atomic mass is 16.3. The van der Waals surface area contributed by atoms with Crippen LogP contribution in [0, 0.1) is 29.1 Å². The number of aliphatic hydroxyl groups excluding tert-OH is 1. The van der Waals surface area contributed by atoms with E-state index in [-0.39, 0.29) is 46.9 Å². The van der Waals surface area contributed by atoms with Crippen molar-refractivity contribution in [3.63, 3.8) is 0 Å². The number of nitrogens with zero attached hydrogens (tertiary/aromatic N) is 3. The highest BCUT2D eigenvalue weighted by Gasteiger charge is 2.54. The van der Waals surface area contributed by atoms with Crippen LogP contribution < -0.4 is 5.32 Å². The number of rotatable bonds is 4. The molecular weight excluding hydrogens is 392 g/mol. The largest absolute Gasteiger partial charge is 0.392 e. The Kier molecular flexibility index (Phi) is 6.33. The first-order valence-corrected chi connectivity index (χ1v) is 11.8. The molecule has 1 aromatic rings. The molecule has 2 N–H and O–H groups in total. The van der Waals surface area contributed by atoms with Crippen LogP contribution in [0.25, 0.3) is 0 Å². The number of aliphatic hydroxyl groups is 1. The van der Waals surface area contributed by atoms with Crippen LogP contribution in [0.2, 0.25) is 0 Å². The molecule has 1 saturated heterocycles. The summed E-state index contributed by atoms with van der Waals surface area (Å²) in [6, 6.07) is -0.0104.